The van der Waals surface area contributed by atoms with Gasteiger partial charge in [0.25, 0.3) is 0 Å². The number of hydrogen-bond donors (Lipinski definition) is 0. The molecule has 0 aliphatic carbocycles. The van der Waals surface area contributed by atoms with Gasteiger partial charge >= 0.3 is 0 Å². The third-order valence-electron chi connectivity index (χ3n) is 1.72. The highest BCUT2D eigenvalue weighted by molar-refractivity contribution is 5.84. The number of carboxylic acid groups (broad SMARTS) is 1. The molecule has 0 atom stereocenters. The Kier molecular flexibility index (Phi) is 1.52. The lowest BCUT2D eigenvalue weighted by Gasteiger charge is -2.18. The molecule has 56 valence electrons. The van der Waals surface area contributed by atoms with Crippen molar-refractivity contribution in [1.29, 1.82) is 0 Å². The van der Waals surface area contributed by atoms with Crippen molar-refractivity contribution < 1.29 is 14.4 Å². The van der Waals surface area contributed by atoms with E-state index in [1.54, 1.807) is 6.20 Å². The van der Waals surface area contributed by atoms with Gasteiger partial charge in [-0.1, -0.05) is 0 Å². The van der Waals surface area contributed by atoms with Crippen LogP contribution in [-0.4, -0.2) is 31.1 Å². The van der Waals surface area contributed by atoms with E-state index in [-0.39, 0.29) is 0 Å². The Hall–Kier alpha value is -0.830. The first-order valence-corrected chi connectivity index (χ1v) is 3.27. The fourth-order valence-electron chi connectivity index (χ4n) is 1.11. The minimum atomic E-state index is -1.02. The van der Waals surface area contributed by atoms with E-state index in [1.165, 1.54) is 0 Å². The van der Waals surface area contributed by atoms with Crippen molar-refractivity contribution in [3.8, 4) is 0 Å². The second kappa shape index (κ2) is 2.09. The summed E-state index contributed by atoms with van der Waals surface area (Å²) < 4.78 is 0.656. The number of nitrogens with zero attached hydrogens (tertiary/aromatic N) is 1. The van der Waals surface area contributed by atoms with Crippen LogP contribution in [-0.2, 0) is 4.79 Å². The predicted molar refractivity (Wildman–Crippen MR) is 34.7 cm³/mol. The molecule has 1 aliphatic heterocycles. The highest BCUT2D eigenvalue weighted by atomic mass is 16.4. The molecule has 0 saturated heterocycles. The Morgan fingerprint density at radius 3 is 2.50 bits per heavy atom. The van der Waals surface area contributed by atoms with Gasteiger partial charge in [-0.05, 0) is 0 Å². The Bertz CT molecular complexity index is 194. The monoisotopic (exact) mass is 141 g/mol. The molecule has 0 aromatic carbocycles. The van der Waals surface area contributed by atoms with Crippen LogP contribution in [0.4, 0.5) is 0 Å². The molecule has 1 aliphatic rings. The van der Waals surface area contributed by atoms with Crippen LogP contribution in [0.25, 0.3) is 0 Å². The number of rotatable bonds is 1. The maximum atomic E-state index is 10.3. The summed E-state index contributed by atoms with van der Waals surface area (Å²) >= 11 is 0. The van der Waals surface area contributed by atoms with Crippen LogP contribution in [0.15, 0.2) is 11.8 Å². The van der Waals surface area contributed by atoms with Gasteiger partial charge in [0, 0.05) is 12.0 Å². The molecule has 0 amide bonds. The summed E-state index contributed by atoms with van der Waals surface area (Å²) in [4.78, 5) is 10.3. The number of carboxylic acids is 1. The van der Waals surface area contributed by atoms with Gasteiger partial charge in [0.2, 0.25) is 0 Å². The third kappa shape index (κ3) is 1.36. The minimum absolute atomic E-state index is 0.435. The molecule has 1 heterocycles. The summed E-state index contributed by atoms with van der Waals surface area (Å²) in [6, 6.07) is 0. The molecule has 3 heteroatoms. The number of carbonyl (C=O) groups excluding carboxylic acids is 1. The standard InChI is InChI=1S/C7H11NO2/c1-8(2)4-3-6(5-8)7(9)10/h5H,3-4H2,1-2H3. The Morgan fingerprint density at radius 2 is 2.30 bits per heavy atom. The molecule has 0 fully saturated rings. The van der Waals surface area contributed by atoms with Crippen molar-refractivity contribution in [2.75, 3.05) is 20.6 Å². The van der Waals surface area contributed by atoms with E-state index in [0.29, 0.717) is 16.5 Å². The van der Waals surface area contributed by atoms with E-state index in [1.807, 2.05) is 14.1 Å². The third-order valence-corrected chi connectivity index (χ3v) is 1.72. The molecular weight excluding hydrogens is 130 g/mol. The average Bonchev–Trinajstić information content (AvgIpc) is 2.10. The molecule has 0 N–H and O–H groups in total. The van der Waals surface area contributed by atoms with E-state index in [4.69, 9.17) is 0 Å². The van der Waals surface area contributed by atoms with Crippen LogP contribution < -0.4 is 5.11 Å². The van der Waals surface area contributed by atoms with Crippen LogP contribution in [0.3, 0.4) is 0 Å². The molecule has 10 heavy (non-hydrogen) atoms. The number of carbonyl (C=O) groups is 1. The van der Waals surface area contributed by atoms with Gasteiger partial charge in [0.15, 0.2) is 0 Å². The molecule has 0 aromatic heterocycles. The Labute approximate surface area is 60.2 Å². The smallest absolute Gasteiger partial charge is 0.101 e. The van der Waals surface area contributed by atoms with Crippen molar-refractivity contribution in [2.24, 2.45) is 0 Å². The molecule has 0 bridgehead atoms. The quantitative estimate of drug-likeness (QED) is 0.444. The van der Waals surface area contributed by atoms with Gasteiger partial charge in [-0.15, -0.1) is 0 Å². The molecule has 1 rings (SSSR count). The number of hydrogen-bond acceptors (Lipinski definition) is 2. The number of aliphatic carboxylic acids is 1. The van der Waals surface area contributed by atoms with E-state index >= 15 is 0 Å². The molecule has 0 unspecified atom stereocenters. The topological polar surface area (TPSA) is 40.1 Å². The normalized spacial score (nSPS) is 22.4. The molecule has 0 aromatic rings. The summed E-state index contributed by atoms with van der Waals surface area (Å²) in [5.74, 6) is -1.02. The zero-order valence-electron chi connectivity index (χ0n) is 6.26. The Balaban J connectivity index is 2.76. The average molecular weight is 141 g/mol. The lowest BCUT2D eigenvalue weighted by molar-refractivity contribution is -0.832. The van der Waals surface area contributed by atoms with Crippen LogP contribution in [0, 0.1) is 0 Å². The van der Waals surface area contributed by atoms with E-state index < -0.39 is 5.97 Å². The highest BCUT2D eigenvalue weighted by Crippen LogP contribution is 2.17. The molecule has 3 nitrogen and oxygen atoms in total. The summed E-state index contributed by atoms with van der Waals surface area (Å²) in [6.07, 6.45) is 2.37. The van der Waals surface area contributed by atoms with Crippen LogP contribution in [0.2, 0.25) is 0 Å². The maximum absolute atomic E-state index is 10.3. The summed E-state index contributed by atoms with van der Waals surface area (Å²) in [5.41, 5.74) is 0.435. The first kappa shape index (κ1) is 7.28. The highest BCUT2D eigenvalue weighted by Gasteiger charge is 2.22. The first-order chi connectivity index (χ1) is 4.51. The zero-order chi connectivity index (χ0) is 7.78. The lowest BCUT2D eigenvalue weighted by Crippen LogP contribution is -2.30. The van der Waals surface area contributed by atoms with E-state index in [9.17, 15) is 9.90 Å². The van der Waals surface area contributed by atoms with Gasteiger partial charge in [-0.2, -0.15) is 0 Å². The summed E-state index contributed by atoms with van der Waals surface area (Å²) in [5, 5.41) is 10.3. The molecule has 0 radical (unpaired) electrons. The lowest BCUT2D eigenvalue weighted by atomic mass is 10.2. The van der Waals surface area contributed by atoms with Gasteiger partial charge in [-0.3, -0.25) is 0 Å². The van der Waals surface area contributed by atoms with Gasteiger partial charge in [0.05, 0.1) is 26.6 Å². The SMILES string of the molecule is C[N+]1(C)C=C(C(=O)[O-])CC1. The summed E-state index contributed by atoms with van der Waals surface area (Å²) in [6.45, 7) is 0.864. The minimum Gasteiger partial charge on any atom is -0.545 e. The van der Waals surface area contributed by atoms with E-state index in [0.717, 1.165) is 6.54 Å². The summed E-state index contributed by atoms with van der Waals surface area (Å²) in [7, 11) is 3.94. The van der Waals surface area contributed by atoms with Crippen molar-refractivity contribution in [3.05, 3.63) is 11.8 Å². The second-order valence-electron chi connectivity index (χ2n) is 3.19. The van der Waals surface area contributed by atoms with E-state index in [2.05, 4.69) is 0 Å². The van der Waals surface area contributed by atoms with Crippen molar-refractivity contribution in [3.63, 3.8) is 0 Å². The van der Waals surface area contributed by atoms with Crippen molar-refractivity contribution in [1.82, 2.24) is 0 Å². The molecule has 0 saturated carbocycles. The van der Waals surface area contributed by atoms with Gasteiger partial charge in [-0.25, -0.2) is 0 Å². The van der Waals surface area contributed by atoms with Crippen LogP contribution >= 0.6 is 0 Å². The fraction of sp³-hybridized carbons (Fsp3) is 0.571. The second-order valence-corrected chi connectivity index (χ2v) is 3.19. The van der Waals surface area contributed by atoms with Gasteiger partial charge < -0.3 is 14.4 Å². The van der Waals surface area contributed by atoms with Crippen molar-refractivity contribution >= 4 is 5.97 Å². The van der Waals surface area contributed by atoms with Gasteiger partial charge in [0.1, 0.15) is 6.20 Å². The van der Waals surface area contributed by atoms with Crippen molar-refractivity contribution in [2.45, 2.75) is 6.42 Å². The fourth-order valence-corrected chi connectivity index (χ4v) is 1.11. The van der Waals surface area contributed by atoms with Crippen LogP contribution in [0.5, 0.6) is 0 Å². The number of quaternary nitrogens is 1. The maximum Gasteiger partial charge on any atom is 0.101 e. The zero-order valence-corrected chi connectivity index (χ0v) is 6.26. The Morgan fingerprint density at radius 1 is 1.70 bits per heavy atom. The molecular formula is C7H11NO2. The largest absolute Gasteiger partial charge is 0.545 e. The molecule has 0 spiro atoms. The first-order valence-electron chi connectivity index (χ1n) is 3.27. The predicted octanol–water partition coefficient (Wildman–Crippen LogP) is -0.900. The van der Waals surface area contributed by atoms with Crippen LogP contribution in [0.1, 0.15) is 6.42 Å².